The second-order valence-electron chi connectivity index (χ2n) is 7.67. The van der Waals surface area contributed by atoms with Crippen molar-refractivity contribution in [3.8, 4) is 5.88 Å². The van der Waals surface area contributed by atoms with Gasteiger partial charge in [-0.05, 0) is 18.1 Å². The number of rotatable bonds is 4. The summed E-state index contributed by atoms with van der Waals surface area (Å²) in [7, 11) is 0. The van der Waals surface area contributed by atoms with Gasteiger partial charge < -0.3 is 19.1 Å². The van der Waals surface area contributed by atoms with Gasteiger partial charge in [-0.3, -0.25) is 9.79 Å². The second-order valence-corrected chi connectivity index (χ2v) is 7.67. The molecule has 0 spiro atoms. The molecule has 4 heterocycles. The Kier molecular flexibility index (Phi) is 4.57. The lowest BCUT2D eigenvalue weighted by atomic mass is 10.0. The molecule has 1 amide bonds. The largest absolute Gasteiger partial charge is 0.474 e. The predicted octanol–water partition coefficient (Wildman–Crippen LogP) is 1.44. The minimum Gasteiger partial charge on any atom is -0.474 e. The van der Waals surface area contributed by atoms with Gasteiger partial charge >= 0.3 is 0 Å². The lowest BCUT2D eigenvalue weighted by Crippen LogP contribution is -2.42. The maximum atomic E-state index is 12.8. The fraction of sp³-hybridized carbons (Fsp3) is 0.650. The normalized spacial score (nSPS) is 27.9. The number of amides is 1. The fourth-order valence-electron chi connectivity index (χ4n) is 4.27. The van der Waals surface area contributed by atoms with Crippen molar-refractivity contribution in [3.63, 3.8) is 0 Å². The molecular formula is C20H25N3O4. The van der Waals surface area contributed by atoms with E-state index in [9.17, 15) is 4.79 Å². The van der Waals surface area contributed by atoms with E-state index in [2.05, 4.69) is 4.98 Å². The Morgan fingerprint density at radius 2 is 1.93 bits per heavy atom. The highest BCUT2D eigenvalue weighted by Gasteiger charge is 2.50. The van der Waals surface area contributed by atoms with E-state index in [1.54, 1.807) is 6.20 Å². The number of nitrogens with zero attached hydrogens (tertiary/aromatic N) is 3. The van der Waals surface area contributed by atoms with Gasteiger partial charge in [0.1, 0.15) is 6.10 Å². The smallest absolute Gasteiger partial charge is 0.226 e. The Bertz CT molecular complexity index is 754. The number of carbonyl (C=O) groups is 1. The minimum atomic E-state index is 0.0453. The first-order chi connectivity index (χ1) is 13.3. The molecule has 144 valence electrons. The average Bonchev–Trinajstić information content (AvgIpc) is 3.40. The van der Waals surface area contributed by atoms with Crippen LogP contribution in [-0.2, 0) is 20.8 Å². The number of aromatic nitrogens is 1. The number of ether oxygens (including phenoxy) is 3. The number of hydrogen-bond donors (Lipinski definition) is 0. The van der Waals surface area contributed by atoms with Crippen LogP contribution in [0.3, 0.4) is 0 Å². The Morgan fingerprint density at radius 1 is 1.15 bits per heavy atom. The number of pyridine rings is 1. The number of fused-ring (bicyclic) bond motifs is 1. The van der Waals surface area contributed by atoms with Crippen LogP contribution in [0.2, 0.25) is 0 Å². The van der Waals surface area contributed by atoms with Crippen LogP contribution in [0.1, 0.15) is 30.4 Å². The van der Waals surface area contributed by atoms with E-state index in [1.165, 1.54) is 0 Å². The molecule has 4 aliphatic rings. The van der Waals surface area contributed by atoms with Crippen molar-refractivity contribution < 1.29 is 19.0 Å². The van der Waals surface area contributed by atoms with Crippen LogP contribution in [0, 0.1) is 11.8 Å². The monoisotopic (exact) mass is 371 g/mol. The highest BCUT2D eigenvalue weighted by Crippen LogP contribution is 2.46. The van der Waals surface area contributed by atoms with Gasteiger partial charge in [0.05, 0.1) is 44.2 Å². The number of morpholine rings is 1. The zero-order valence-corrected chi connectivity index (χ0v) is 15.4. The van der Waals surface area contributed by atoms with E-state index in [0.717, 1.165) is 49.3 Å². The topological polar surface area (TPSA) is 73.2 Å². The third kappa shape index (κ3) is 3.34. The van der Waals surface area contributed by atoms with Gasteiger partial charge in [-0.25, -0.2) is 4.98 Å². The maximum absolute atomic E-state index is 12.8. The number of carbonyl (C=O) groups excluding carboxylic acids is 1. The van der Waals surface area contributed by atoms with Crippen molar-refractivity contribution in [2.45, 2.75) is 31.9 Å². The molecule has 0 radical (unpaired) electrons. The zero-order valence-electron chi connectivity index (χ0n) is 15.4. The highest BCUT2D eigenvalue weighted by atomic mass is 16.5. The van der Waals surface area contributed by atoms with E-state index in [0.29, 0.717) is 38.7 Å². The van der Waals surface area contributed by atoms with E-state index < -0.39 is 0 Å². The summed E-state index contributed by atoms with van der Waals surface area (Å²) in [5.74, 6) is 1.17. The van der Waals surface area contributed by atoms with Gasteiger partial charge in [0.2, 0.25) is 11.8 Å². The summed E-state index contributed by atoms with van der Waals surface area (Å²) in [6, 6.07) is 2.02. The molecule has 0 aromatic carbocycles. The van der Waals surface area contributed by atoms with Crippen LogP contribution >= 0.6 is 0 Å². The van der Waals surface area contributed by atoms with Crippen molar-refractivity contribution in [3.05, 3.63) is 23.4 Å². The SMILES string of the molecule is O=C(C1CC1C1=NCc2ccnc(OC3CCOCC3)c21)N1CCOCC1. The van der Waals surface area contributed by atoms with Crippen LogP contribution < -0.4 is 4.74 Å². The molecule has 1 aromatic heterocycles. The molecule has 7 heteroatoms. The van der Waals surface area contributed by atoms with E-state index in [1.807, 2.05) is 11.0 Å². The van der Waals surface area contributed by atoms with Gasteiger partial charge in [-0.15, -0.1) is 0 Å². The fourth-order valence-corrected chi connectivity index (χ4v) is 4.27. The molecule has 3 aliphatic heterocycles. The van der Waals surface area contributed by atoms with Crippen LogP contribution in [0.4, 0.5) is 0 Å². The molecular weight excluding hydrogens is 346 g/mol. The number of aliphatic imine (C=N–C) groups is 1. The second kappa shape index (κ2) is 7.20. The van der Waals surface area contributed by atoms with Gasteiger partial charge in [0.25, 0.3) is 0 Å². The Labute approximate surface area is 158 Å². The standard InChI is InChI=1S/C20H25N3O4/c24-20(23-5-9-26-10-6-23)16-11-15(16)18-17-13(12-22-18)1-4-21-19(17)27-14-2-7-25-8-3-14/h1,4,14-16H,2-3,5-12H2. The van der Waals surface area contributed by atoms with E-state index in [-0.39, 0.29) is 23.8 Å². The molecule has 27 heavy (non-hydrogen) atoms. The summed E-state index contributed by atoms with van der Waals surface area (Å²) >= 11 is 0. The third-order valence-electron chi connectivity index (χ3n) is 5.91. The molecule has 5 rings (SSSR count). The Hall–Kier alpha value is -1.99. The summed E-state index contributed by atoms with van der Waals surface area (Å²) < 4.78 is 17.0. The summed E-state index contributed by atoms with van der Waals surface area (Å²) in [4.78, 5) is 24.0. The molecule has 7 nitrogen and oxygen atoms in total. The molecule has 0 N–H and O–H groups in total. The first-order valence-electron chi connectivity index (χ1n) is 9.95. The van der Waals surface area contributed by atoms with Gasteiger partial charge in [-0.1, -0.05) is 0 Å². The van der Waals surface area contributed by atoms with Crippen molar-refractivity contribution in [2.75, 3.05) is 39.5 Å². The summed E-state index contributed by atoms with van der Waals surface area (Å²) in [5.41, 5.74) is 3.21. The Balaban J connectivity index is 1.32. The predicted molar refractivity (Wildman–Crippen MR) is 97.9 cm³/mol. The maximum Gasteiger partial charge on any atom is 0.226 e. The summed E-state index contributed by atoms with van der Waals surface area (Å²) in [6.45, 7) is 4.81. The molecule has 3 fully saturated rings. The highest BCUT2D eigenvalue weighted by molar-refractivity contribution is 6.10. The molecule has 2 unspecified atom stereocenters. The average molecular weight is 371 g/mol. The van der Waals surface area contributed by atoms with Crippen molar-refractivity contribution in [1.82, 2.24) is 9.88 Å². The first-order valence-corrected chi connectivity index (χ1v) is 9.95. The van der Waals surface area contributed by atoms with Crippen LogP contribution in [0.25, 0.3) is 0 Å². The Morgan fingerprint density at radius 3 is 2.74 bits per heavy atom. The van der Waals surface area contributed by atoms with Crippen LogP contribution in [-0.4, -0.2) is 67.1 Å². The minimum absolute atomic E-state index is 0.0453. The molecule has 1 saturated carbocycles. The van der Waals surface area contributed by atoms with Gasteiger partial charge in [-0.2, -0.15) is 0 Å². The molecule has 1 aromatic rings. The number of hydrogen-bond acceptors (Lipinski definition) is 6. The van der Waals surface area contributed by atoms with Crippen LogP contribution in [0.5, 0.6) is 5.88 Å². The molecule has 1 aliphatic carbocycles. The van der Waals surface area contributed by atoms with Crippen LogP contribution in [0.15, 0.2) is 17.3 Å². The van der Waals surface area contributed by atoms with Crippen molar-refractivity contribution >= 4 is 11.6 Å². The lowest BCUT2D eigenvalue weighted by molar-refractivity contribution is -0.136. The summed E-state index contributed by atoms with van der Waals surface area (Å²) in [6.07, 6.45) is 4.60. The van der Waals surface area contributed by atoms with Crippen molar-refractivity contribution in [1.29, 1.82) is 0 Å². The third-order valence-corrected chi connectivity index (χ3v) is 5.91. The summed E-state index contributed by atoms with van der Waals surface area (Å²) in [5, 5.41) is 0. The zero-order chi connectivity index (χ0) is 18.2. The van der Waals surface area contributed by atoms with E-state index in [4.69, 9.17) is 19.2 Å². The first kappa shape index (κ1) is 17.1. The van der Waals surface area contributed by atoms with Gasteiger partial charge in [0.15, 0.2) is 0 Å². The molecule has 0 bridgehead atoms. The van der Waals surface area contributed by atoms with E-state index >= 15 is 0 Å². The van der Waals surface area contributed by atoms with Gasteiger partial charge in [0, 0.05) is 44.0 Å². The van der Waals surface area contributed by atoms with Crippen molar-refractivity contribution in [2.24, 2.45) is 16.8 Å². The molecule has 2 atom stereocenters. The molecule has 2 saturated heterocycles. The quantitative estimate of drug-likeness (QED) is 0.801. The lowest BCUT2D eigenvalue weighted by Gasteiger charge is -2.27.